The van der Waals surface area contributed by atoms with Crippen LogP contribution in [-0.2, 0) is 17.8 Å². The minimum absolute atomic E-state index is 0.0569. The van der Waals surface area contributed by atoms with Gasteiger partial charge in [-0.05, 0) is 30.2 Å². The summed E-state index contributed by atoms with van der Waals surface area (Å²) in [5.41, 5.74) is 9.12. The third-order valence-corrected chi connectivity index (χ3v) is 4.58. The molecule has 1 aromatic carbocycles. The first-order valence-electron chi connectivity index (χ1n) is 7.87. The van der Waals surface area contributed by atoms with E-state index >= 15 is 0 Å². The van der Waals surface area contributed by atoms with E-state index in [1.165, 1.54) is 0 Å². The zero-order valence-electron chi connectivity index (χ0n) is 13.7. The second-order valence-electron chi connectivity index (χ2n) is 6.03. The van der Waals surface area contributed by atoms with Crippen molar-refractivity contribution in [1.29, 1.82) is 0 Å². The highest BCUT2D eigenvalue weighted by atomic mass is 32.1. The van der Waals surface area contributed by atoms with Crippen LogP contribution < -0.4 is 11.1 Å². The van der Waals surface area contributed by atoms with Gasteiger partial charge < -0.3 is 11.1 Å². The highest BCUT2D eigenvalue weighted by Crippen LogP contribution is 2.18. The molecular weight excluding hydrogens is 320 g/mol. The molecule has 2 heterocycles. The van der Waals surface area contributed by atoms with Crippen molar-refractivity contribution >= 4 is 33.8 Å². The Bertz CT molecular complexity index is 872. The van der Waals surface area contributed by atoms with Gasteiger partial charge in [0.15, 0.2) is 0 Å². The fraction of sp³-hybridized carbons (Fsp3) is 0.278. The number of fused-ring (bicyclic) bond motifs is 1. The zero-order chi connectivity index (χ0) is 17.1. The molecule has 0 saturated carbocycles. The van der Waals surface area contributed by atoms with Crippen LogP contribution in [0.15, 0.2) is 35.7 Å². The van der Waals surface area contributed by atoms with E-state index in [0.29, 0.717) is 18.2 Å². The number of nitrogen functional groups attached to an aromatic ring is 1. The molecule has 0 spiro atoms. The van der Waals surface area contributed by atoms with Crippen LogP contribution in [0.5, 0.6) is 0 Å². The summed E-state index contributed by atoms with van der Waals surface area (Å²) in [4.78, 5) is 21.1. The van der Waals surface area contributed by atoms with E-state index in [0.717, 1.165) is 27.3 Å². The molecule has 3 aromatic rings. The van der Waals surface area contributed by atoms with Crippen molar-refractivity contribution < 1.29 is 4.79 Å². The molecule has 2 aromatic heterocycles. The minimum Gasteiger partial charge on any atom is -0.399 e. The number of thiazole rings is 1. The van der Waals surface area contributed by atoms with Crippen molar-refractivity contribution in [2.24, 2.45) is 0 Å². The number of benzene rings is 1. The van der Waals surface area contributed by atoms with Crippen LogP contribution in [0, 0.1) is 0 Å². The summed E-state index contributed by atoms with van der Waals surface area (Å²) in [5, 5.41) is 6.85. The average molecular weight is 340 g/mol. The lowest BCUT2D eigenvalue weighted by Gasteiger charge is -2.05. The molecule has 24 heavy (non-hydrogen) atoms. The van der Waals surface area contributed by atoms with Crippen LogP contribution in [0.25, 0.3) is 10.9 Å². The van der Waals surface area contributed by atoms with E-state index in [1.54, 1.807) is 11.3 Å². The van der Waals surface area contributed by atoms with Gasteiger partial charge in [-0.1, -0.05) is 19.9 Å². The summed E-state index contributed by atoms with van der Waals surface area (Å²) in [6.45, 7) is 4.67. The van der Waals surface area contributed by atoms with Gasteiger partial charge in [-0.3, -0.25) is 9.78 Å². The van der Waals surface area contributed by atoms with Gasteiger partial charge in [0.25, 0.3) is 0 Å². The van der Waals surface area contributed by atoms with Gasteiger partial charge in [0.1, 0.15) is 5.01 Å². The average Bonchev–Trinajstić information content (AvgIpc) is 3.02. The fourth-order valence-electron chi connectivity index (χ4n) is 2.36. The highest BCUT2D eigenvalue weighted by Gasteiger charge is 2.09. The first-order chi connectivity index (χ1) is 11.5. The predicted octanol–water partition coefficient (Wildman–Crippen LogP) is 3.26. The number of carbonyl (C=O) groups is 1. The maximum absolute atomic E-state index is 12.1. The molecule has 6 heteroatoms. The van der Waals surface area contributed by atoms with Gasteiger partial charge in [-0.15, -0.1) is 11.3 Å². The number of nitrogens with zero attached hydrogens (tertiary/aromatic N) is 2. The molecule has 3 rings (SSSR count). The summed E-state index contributed by atoms with van der Waals surface area (Å²) in [6.07, 6.45) is 0.253. The predicted molar refractivity (Wildman–Crippen MR) is 97.9 cm³/mol. The molecule has 5 nitrogen and oxygen atoms in total. The fourth-order valence-corrected chi connectivity index (χ4v) is 3.25. The van der Waals surface area contributed by atoms with Crippen molar-refractivity contribution in [3.8, 4) is 0 Å². The van der Waals surface area contributed by atoms with Gasteiger partial charge >= 0.3 is 0 Å². The molecule has 1 amide bonds. The first-order valence-corrected chi connectivity index (χ1v) is 8.75. The third-order valence-electron chi connectivity index (χ3n) is 3.71. The molecule has 0 bridgehead atoms. The van der Waals surface area contributed by atoms with Crippen LogP contribution in [0.1, 0.15) is 36.2 Å². The molecule has 0 unspecified atom stereocenters. The number of rotatable bonds is 5. The molecular formula is C18H20N4OS. The van der Waals surface area contributed by atoms with E-state index in [1.807, 2.05) is 35.7 Å². The zero-order valence-corrected chi connectivity index (χ0v) is 14.6. The first kappa shape index (κ1) is 16.4. The van der Waals surface area contributed by atoms with Crippen LogP contribution in [0.2, 0.25) is 0 Å². The van der Waals surface area contributed by atoms with Crippen molar-refractivity contribution in [1.82, 2.24) is 15.3 Å². The number of hydrogen-bond donors (Lipinski definition) is 2. The lowest BCUT2D eigenvalue weighted by Crippen LogP contribution is -2.24. The van der Waals surface area contributed by atoms with Crippen LogP contribution in [0.3, 0.4) is 0 Å². The Morgan fingerprint density at radius 3 is 2.83 bits per heavy atom. The summed E-state index contributed by atoms with van der Waals surface area (Å²) < 4.78 is 0. The SMILES string of the molecule is CC(C)c1csc(CNC(=O)Cc2ccc3cc(N)ccc3n2)n1. The molecule has 0 radical (unpaired) electrons. The van der Waals surface area contributed by atoms with Crippen molar-refractivity contribution in [2.45, 2.75) is 32.7 Å². The molecule has 0 aliphatic carbocycles. The number of carbonyl (C=O) groups excluding carboxylic acids is 1. The summed E-state index contributed by atoms with van der Waals surface area (Å²) >= 11 is 1.58. The number of pyridine rings is 1. The number of hydrogen-bond acceptors (Lipinski definition) is 5. The molecule has 0 fully saturated rings. The normalized spacial score (nSPS) is 11.1. The molecule has 124 valence electrons. The Morgan fingerprint density at radius 1 is 1.25 bits per heavy atom. The highest BCUT2D eigenvalue weighted by molar-refractivity contribution is 7.09. The van der Waals surface area contributed by atoms with E-state index in [-0.39, 0.29) is 12.3 Å². The topological polar surface area (TPSA) is 80.9 Å². The van der Waals surface area contributed by atoms with Gasteiger partial charge in [0.05, 0.1) is 29.9 Å². The monoisotopic (exact) mass is 340 g/mol. The Labute approximate surface area is 144 Å². The summed E-state index contributed by atoms with van der Waals surface area (Å²) in [6, 6.07) is 9.36. The smallest absolute Gasteiger partial charge is 0.226 e. The molecule has 0 atom stereocenters. The second kappa shape index (κ2) is 6.97. The number of anilines is 1. The van der Waals surface area contributed by atoms with E-state index < -0.39 is 0 Å². The quantitative estimate of drug-likeness (QED) is 0.699. The molecule has 0 aliphatic heterocycles. The van der Waals surface area contributed by atoms with Gasteiger partial charge in [0, 0.05) is 16.5 Å². The van der Waals surface area contributed by atoms with Gasteiger partial charge in [-0.25, -0.2) is 4.98 Å². The van der Waals surface area contributed by atoms with Crippen molar-refractivity contribution in [3.63, 3.8) is 0 Å². The standard InChI is InChI=1S/C18H20N4OS/c1-11(2)16-10-24-18(22-16)9-20-17(23)8-14-5-3-12-7-13(19)4-6-15(12)21-14/h3-7,10-11H,8-9,19H2,1-2H3,(H,20,23). The van der Waals surface area contributed by atoms with Gasteiger partial charge in [-0.2, -0.15) is 0 Å². The Kier molecular flexibility index (Phi) is 4.76. The summed E-state index contributed by atoms with van der Waals surface area (Å²) in [5.74, 6) is 0.347. The largest absolute Gasteiger partial charge is 0.399 e. The lowest BCUT2D eigenvalue weighted by atomic mass is 10.1. The molecule has 0 aliphatic rings. The van der Waals surface area contributed by atoms with E-state index in [9.17, 15) is 4.79 Å². The maximum atomic E-state index is 12.1. The van der Waals surface area contributed by atoms with E-state index in [4.69, 9.17) is 5.73 Å². The molecule has 0 saturated heterocycles. The van der Waals surface area contributed by atoms with Crippen LogP contribution in [-0.4, -0.2) is 15.9 Å². The molecule has 3 N–H and O–H groups in total. The maximum Gasteiger partial charge on any atom is 0.226 e. The Balaban J connectivity index is 1.60. The van der Waals surface area contributed by atoms with Crippen molar-refractivity contribution in [2.75, 3.05) is 5.73 Å². The number of nitrogens with one attached hydrogen (secondary N) is 1. The lowest BCUT2D eigenvalue weighted by molar-refractivity contribution is -0.120. The Morgan fingerprint density at radius 2 is 2.08 bits per heavy atom. The number of aromatic nitrogens is 2. The minimum atomic E-state index is -0.0569. The van der Waals surface area contributed by atoms with Gasteiger partial charge in [0.2, 0.25) is 5.91 Å². The summed E-state index contributed by atoms with van der Waals surface area (Å²) in [7, 11) is 0. The van der Waals surface area contributed by atoms with Crippen LogP contribution in [0.4, 0.5) is 5.69 Å². The van der Waals surface area contributed by atoms with Crippen molar-refractivity contribution in [3.05, 3.63) is 52.1 Å². The number of nitrogens with two attached hydrogens (primary N) is 1. The number of amides is 1. The Hall–Kier alpha value is -2.47. The second-order valence-corrected chi connectivity index (χ2v) is 6.97. The van der Waals surface area contributed by atoms with E-state index in [2.05, 4.69) is 29.1 Å². The third kappa shape index (κ3) is 3.89. The van der Waals surface area contributed by atoms with Crippen LogP contribution >= 0.6 is 11.3 Å².